The highest BCUT2D eigenvalue weighted by atomic mass is 16.4. The largest absolute Gasteiger partial charge is 0.481 e. The fourth-order valence-corrected chi connectivity index (χ4v) is 11.6. The van der Waals surface area contributed by atoms with Crippen molar-refractivity contribution in [2.45, 2.75) is 98.8 Å². The standard InChI is InChI=1S/C30H48O5/c1-18(25(34)35)19-8-13-30(17-32)15-14-28(4)20(24(19)30)6-7-22-26(2)11-10-23(33)27(3,16-31)21(26)9-12-29(22,28)5/h18-22,24,31-32H,6-17H2,1-5H3,(H,34,35)/t18?,19-,20+,21+,22+,24+,26-,27?,28+,29+,30+/m0/s1. The molecule has 0 bridgehead atoms. The van der Waals surface area contributed by atoms with Crippen molar-refractivity contribution < 1.29 is 24.9 Å². The van der Waals surface area contributed by atoms with E-state index in [2.05, 4.69) is 20.8 Å². The van der Waals surface area contributed by atoms with Gasteiger partial charge in [0.1, 0.15) is 5.78 Å². The Hall–Kier alpha value is -0.940. The summed E-state index contributed by atoms with van der Waals surface area (Å²) in [7, 11) is 0. The van der Waals surface area contributed by atoms with E-state index in [1.54, 1.807) is 0 Å². The van der Waals surface area contributed by atoms with Crippen LogP contribution in [0.15, 0.2) is 0 Å². The molecule has 5 aliphatic carbocycles. The molecule has 11 atom stereocenters. The molecule has 0 saturated heterocycles. The van der Waals surface area contributed by atoms with E-state index in [1.807, 2.05) is 13.8 Å². The van der Waals surface area contributed by atoms with Gasteiger partial charge in [0.05, 0.1) is 17.9 Å². The number of carboxylic acid groups (broad SMARTS) is 1. The summed E-state index contributed by atoms with van der Waals surface area (Å²) in [5.41, 5.74) is -0.473. The quantitative estimate of drug-likeness (QED) is 0.498. The average Bonchev–Trinajstić information content (AvgIpc) is 3.21. The van der Waals surface area contributed by atoms with Gasteiger partial charge in [-0.1, -0.05) is 34.6 Å². The van der Waals surface area contributed by atoms with Gasteiger partial charge in [0, 0.05) is 13.0 Å². The van der Waals surface area contributed by atoms with E-state index in [1.165, 1.54) is 0 Å². The molecule has 5 rings (SSSR count). The predicted molar refractivity (Wildman–Crippen MR) is 134 cm³/mol. The molecule has 3 N–H and O–H groups in total. The van der Waals surface area contributed by atoms with Crippen LogP contribution in [0.1, 0.15) is 98.8 Å². The van der Waals surface area contributed by atoms with Crippen molar-refractivity contribution in [3.63, 3.8) is 0 Å². The summed E-state index contributed by atoms with van der Waals surface area (Å²) >= 11 is 0. The van der Waals surface area contributed by atoms with Crippen molar-refractivity contribution in [1.29, 1.82) is 0 Å². The maximum Gasteiger partial charge on any atom is 0.306 e. The average molecular weight is 489 g/mol. The first-order valence-electron chi connectivity index (χ1n) is 14.3. The van der Waals surface area contributed by atoms with Crippen LogP contribution in [-0.4, -0.2) is 40.3 Å². The minimum atomic E-state index is -0.695. The molecule has 198 valence electrons. The van der Waals surface area contributed by atoms with Crippen LogP contribution in [0, 0.1) is 62.6 Å². The molecule has 0 aromatic rings. The molecule has 0 aromatic carbocycles. The Kier molecular flexibility index (Phi) is 5.89. The molecule has 5 aliphatic rings. The van der Waals surface area contributed by atoms with Crippen LogP contribution >= 0.6 is 0 Å². The van der Waals surface area contributed by atoms with Crippen LogP contribution in [0.4, 0.5) is 0 Å². The summed E-state index contributed by atoms with van der Waals surface area (Å²) in [5, 5.41) is 31.0. The molecular formula is C30H48O5. The second kappa shape index (κ2) is 8.03. The Morgan fingerprint density at radius 2 is 1.60 bits per heavy atom. The fraction of sp³-hybridized carbons (Fsp3) is 0.933. The molecule has 0 amide bonds. The van der Waals surface area contributed by atoms with Crippen LogP contribution in [0.3, 0.4) is 0 Å². The molecule has 0 aliphatic heterocycles. The maximum absolute atomic E-state index is 13.0. The molecule has 5 nitrogen and oxygen atoms in total. The van der Waals surface area contributed by atoms with Crippen LogP contribution < -0.4 is 0 Å². The van der Waals surface area contributed by atoms with Crippen molar-refractivity contribution in [3.8, 4) is 0 Å². The lowest BCUT2D eigenvalue weighted by atomic mass is 9.32. The minimum absolute atomic E-state index is 0.0430. The Balaban J connectivity index is 1.55. The monoisotopic (exact) mass is 488 g/mol. The smallest absolute Gasteiger partial charge is 0.306 e. The predicted octanol–water partition coefficient (Wildman–Crippen LogP) is 5.32. The fourth-order valence-electron chi connectivity index (χ4n) is 11.6. The molecule has 35 heavy (non-hydrogen) atoms. The topological polar surface area (TPSA) is 94.8 Å². The van der Waals surface area contributed by atoms with E-state index in [-0.39, 0.29) is 64.3 Å². The molecule has 5 fully saturated rings. The highest BCUT2D eigenvalue weighted by Crippen LogP contribution is 2.77. The minimum Gasteiger partial charge on any atom is -0.481 e. The lowest BCUT2D eigenvalue weighted by molar-refractivity contribution is -0.241. The molecular weight excluding hydrogens is 440 g/mol. The summed E-state index contributed by atoms with van der Waals surface area (Å²) in [6.07, 6.45) is 9.75. The number of carbonyl (C=O) groups excluding carboxylic acids is 1. The molecule has 0 spiro atoms. The first kappa shape index (κ1) is 25.7. The van der Waals surface area contributed by atoms with Gasteiger partial charge in [0.2, 0.25) is 0 Å². The van der Waals surface area contributed by atoms with Gasteiger partial charge in [-0.05, 0) is 109 Å². The Morgan fingerprint density at radius 1 is 0.886 bits per heavy atom. The van der Waals surface area contributed by atoms with Crippen LogP contribution in [0.2, 0.25) is 0 Å². The van der Waals surface area contributed by atoms with E-state index in [4.69, 9.17) is 0 Å². The van der Waals surface area contributed by atoms with Crippen molar-refractivity contribution in [2.75, 3.05) is 13.2 Å². The van der Waals surface area contributed by atoms with Crippen LogP contribution in [0.25, 0.3) is 0 Å². The number of hydrogen-bond donors (Lipinski definition) is 3. The first-order valence-corrected chi connectivity index (χ1v) is 14.3. The summed E-state index contributed by atoms with van der Waals surface area (Å²) in [4.78, 5) is 25.1. The highest BCUT2D eigenvalue weighted by molar-refractivity contribution is 5.86. The third-order valence-electron chi connectivity index (χ3n) is 13.9. The Labute approximate surface area is 211 Å². The number of aliphatic hydroxyl groups is 2. The number of fused-ring (bicyclic) bond motifs is 7. The van der Waals surface area contributed by atoms with Gasteiger partial charge < -0.3 is 15.3 Å². The van der Waals surface area contributed by atoms with E-state index >= 15 is 0 Å². The zero-order chi connectivity index (χ0) is 25.6. The third-order valence-corrected chi connectivity index (χ3v) is 13.9. The van der Waals surface area contributed by atoms with Gasteiger partial charge in [-0.3, -0.25) is 9.59 Å². The summed E-state index contributed by atoms with van der Waals surface area (Å²) in [6, 6.07) is 0. The maximum atomic E-state index is 13.0. The zero-order valence-electron chi connectivity index (χ0n) is 22.6. The number of Topliss-reactive ketones (excluding diaryl/α,β-unsaturated/α-hetero) is 1. The summed E-state index contributed by atoms with van der Waals surface area (Å²) < 4.78 is 0. The van der Waals surface area contributed by atoms with Crippen molar-refractivity contribution in [3.05, 3.63) is 0 Å². The van der Waals surface area contributed by atoms with Gasteiger partial charge in [-0.25, -0.2) is 0 Å². The lowest BCUT2D eigenvalue weighted by Crippen LogP contribution is -2.67. The van der Waals surface area contributed by atoms with Gasteiger partial charge in [-0.15, -0.1) is 0 Å². The molecule has 0 radical (unpaired) electrons. The summed E-state index contributed by atoms with van der Waals surface area (Å²) in [6.45, 7) is 11.5. The number of carbonyl (C=O) groups is 2. The van der Waals surface area contributed by atoms with E-state index in [0.717, 1.165) is 57.8 Å². The number of hydrogen-bond acceptors (Lipinski definition) is 4. The van der Waals surface area contributed by atoms with Gasteiger partial charge in [0.15, 0.2) is 0 Å². The van der Waals surface area contributed by atoms with Crippen LogP contribution in [0.5, 0.6) is 0 Å². The second-order valence-electron chi connectivity index (χ2n) is 14.5. The molecule has 5 heteroatoms. The molecule has 5 saturated carbocycles. The normalized spacial score (nSPS) is 54.3. The van der Waals surface area contributed by atoms with Gasteiger partial charge >= 0.3 is 5.97 Å². The van der Waals surface area contributed by atoms with Crippen molar-refractivity contribution in [1.82, 2.24) is 0 Å². The van der Waals surface area contributed by atoms with Crippen molar-refractivity contribution in [2.24, 2.45) is 62.6 Å². The first-order chi connectivity index (χ1) is 16.3. The SMILES string of the molecule is CC(C(=O)O)[C@@H]1CC[C@]2(CO)CC[C@]3(C)[C@H](CC[C@@H]4[C@@]5(C)CCC(=O)C(C)(CO)[C@@H]5CC[C@]43C)[C@@H]12. The Morgan fingerprint density at radius 3 is 2.23 bits per heavy atom. The second-order valence-corrected chi connectivity index (χ2v) is 14.5. The number of aliphatic carboxylic acids is 1. The Bertz CT molecular complexity index is 901. The van der Waals surface area contributed by atoms with E-state index in [0.29, 0.717) is 18.3 Å². The van der Waals surface area contributed by atoms with Crippen LogP contribution in [-0.2, 0) is 9.59 Å². The van der Waals surface area contributed by atoms with Gasteiger partial charge in [-0.2, -0.15) is 0 Å². The molecule has 2 unspecified atom stereocenters. The lowest BCUT2D eigenvalue weighted by Gasteiger charge is -2.72. The zero-order valence-corrected chi connectivity index (χ0v) is 22.6. The van der Waals surface area contributed by atoms with E-state index in [9.17, 15) is 24.9 Å². The third kappa shape index (κ3) is 3.06. The highest BCUT2D eigenvalue weighted by Gasteiger charge is 2.71. The summed E-state index contributed by atoms with van der Waals surface area (Å²) in [5.74, 6) is 0.764. The van der Waals surface area contributed by atoms with Crippen molar-refractivity contribution >= 4 is 11.8 Å². The van der Waals surface area contributed by atoms with E-state index < -0.39 is 11.4 Å². The van der Waals surface area contributed by atoms with Gasteiger partial charge in [0.25, 0.3) is 0 Å². The number of carboxylic acids is 1. The number of rotatable bonds is 4. The molecule has 0 heterocycles. The molecule has 0 aromatic heterocycles. The number of ketones is 1. The number of aliphatic hydroxyl groups excluding tert-OH is 2.